The van der Waals surface area contributed by atoms with E-state index in [9.17, 15) is 14.4 Å². The summed E-state index contributed by atoms with van der Waals surface area (Å²) < 4.78 is 16.0. The second kappa shape index (κ2) is 16.5. The van der Waals surface area contributed by atoms with Crippen molar-refractivity contribution < 1.29 is 28.6 Å². The van der Waals surface area contributed by atoms with Gasteiger partial charge in [0, 0.05) is 0 Å². The third-order valence-corrected chi connectivity index (χ3v) is 6.35. The lowest BCUT2D eigenvalue weighted by atomic mass is 9.86. The second-order valence-electron chi connectivity index (χ2n) is 12.4. The fraction of sp³-hybridized carbons (Fsp3) is 0.667. The quantitative estimate of drug-likeness (QED) is 0.186. The van der Waals surface area contributed by atoms with E-state index in [0.717, 1.165) is 18.4 Å². The zero-order valence-corrected chi connectivity index (χ0v) is 26.4. The molecule has 1 aliphatic carbocycles. The highest BCUT2D eigenvalue weighted by atomic mass is 16.6. The fourth-order valence-electron chi connectivity index (χ4n) is 3.45. The molecule has 1 aliphatic rings. The summed E-state index contributed by atoms with van der Waals surface area (Å²) in [6, 6.07) is 9.77. The molecule has 2 rings (SSSR count). The molecule has 0 N–H and O–H groups in total. The van der Waals surface area contributed by atoms with Crippen molar-refractivity contribution in [3.8, 4) is 0 Å². The van der Waals surface area contributed by atoms with Gasteiger partial charge in [-0.25, -0.2) is 0 Å². The number of carbonyl (C=O) groups is 3. The van der Waals surface area contributed by atoms with Crippen molar-refractivity contribution in [3.63, 3.8) is 0 Å². The van der Waals surface area contributed by atoms with Crippen molar-refractivity contribution in [1.29, 1.82) is 0 Å². The summed E-state index contributed by atoms with van der Waals surface area (Å²) in [5.74, 6) is -0.566. The van der Waals surface area contributed by atoms with Gasteiger partial charge in [-0.1, -0.05) is 84.9 Å². The second-order valence-corrected chi connectivity index (χ2v) is 12.4. The van der Waals surface area contributed by atoms with Gasteiger partial charge in [0.1, 0.15) is 16.8 Å². The lowest BCUT2D eigenvalue weighted by Crippen LogP contribution is -2.35. The van der Waals surface area contributed by atoms with Gasteiger partial charge in [-0.3, -0.25) is 14.4 Å². The maximum absolute atomic E-state index is 11.5. The highest BCUT2D eigenvalue weighted by molar-refractivity contribution is 5.73. The molecule has 1 aromatic carbocycles. The first-order valence-corrected chi connectivity index (χ1v) is 14.2. The van der Waals surface area contributed by atoms with Gasteiger partial charge in [-0.2, -0.15) is 0 Å². The maximum Gasteiger partial charge on any atom is 0.309 e. The Morgan fingerprint density at radius 1 is 0.769 bits per heavy atom. The molecule has 6 heteroatoms. The van der Waals surface area contributed by atoms with Crippen LogP contribution in [0.5, 0.6) is 0 Å². The summed E-state index contributed by atoms with van der Waals surface area (Å²) in [5, 5.41) is 0. The van der Waals surface area contributed by atoms with Gasteiger partial charge in [0.15, 0.2) is 0 Å². The van der Waals surface area contributed by atoms with Gasteiger partial charge >= 0.3 is 17.9 Å². The Hall–Kier alpha value is -2.63. The van der Waals surface area contributed by atoms with Gasteiger partial charge < -0.3 is 14.2 Å². The van der Waals surface area contributed by atoms with E-state index in [1.54, 1.807) is 19.9 Å². The number of hydrogen-bond donors (Lipinski definition) is 0. The summed E-state index contributed by atoms with van der Waals surface area (Å²) in [6.07, 6.45) is 7.36. The first-order valence-electron chi connectivity index (χ1n) is 14.2. The average molecular weight is 547 g/mol. The van der Waals surface area contributed by atoms with Crippen LogP contribution in [0.15, 0.2) is 43.0 Å². The van der Waals surface area contributed by atoms with Crippen LogP contribution in [0.25, 0.3) is 0 Å². The molecule has 0 atom stereocenters. The van der Waals surface area contributed by atoms with E-state index >= 15 is 0 Å². The molecule has 0 radical (unpaired) electrons. The summed E-state index contributed by atoms with van der Waals surface area (Å²) >= 11 is 0. The largest absolute Gasteiger partial charge is 0.459 e. The third-order valence-electron chi connectivity index (χ3n) is 6.35. The predicted molar refractivity (Wildman–Crippen MR) is 158 cm³/mol. The van der Waals surface area contributed by atoms with Crippen molar-refractivity contribution >= 4 is 17.9 Å². The van der Waals surface area contributed by atoms with E-state index in [-0.39, 0.29) is 41.3 Å². The molecule has 39 heavy (non-hydrogen) atoms. The average Bonchev–Trinajstić information content (AvgIpc) is 2.85. The van der Waals surface area contributed by atoms with E-state index < -0.39 is 11.2 Å². The van der Waals surface area contributed by atoms with Crippen molar-refractivity contribution in [2.45, 2.75) is 125 Å². The first-order chi connectivity index (χ1) is 17.9. The SMILES string of the molecule is C=CC(C)(C)OC(=O)C(C)C.CC(C)C(=O)OC(C)(C)c1ccccc1.CC(C)C(=O)OC1(C)CCCCC1. The number of carbonyl (C=O) groups excluding carboxylic acids is 3. The molecule has 1 fully saturated rings. The summed E-state index contributed by atoms with van der Waals surface area (Å²) in [5.41, 5.74) is -0.247. The first kappa shape index (κ1) is 36.4. The molecule has 0 aromatic heterocycles. The van der Waals surface area contributed by atoms with Gasteiger partial charge in [0.25, 0.3) is 0 Å². The minimum absolute atomic E-state index is 0.00116. The Morgan fingerprint density at radius 3 is 1.62 bits per heavy atom. The monoisotopic (exact) mass is 546 g/mol. The van der Waals surface area contributed by atoms with Gasteiger partial charge in [-0.15, -0.1) is 0 Å². The molecule has 0 unspecified atom stereocenters. The summed E-state index contributed by atoms with van der Waals surface area (Å²) in [7, 11) is 0. The molecule has 1 saturated carbocycles. The van der Waals surface area contributed by atoms with E-state index in [4.69, 9.17) is 14.2 Å². The lowest BCUT2D eigenvalue weighted by Gasteiger charge is -2.33. The molecule has 0 saturated heterocycles. The summed E-state index contributed by atoms with van der Waals surface area (Å²) in [6.45, 7) is 24.1. The van der Waals surface area contributed by atoms with Crippen LogP contribution in [-0.2, 0) is 34.2 Å². The molecular weight excluding hydrogens is 492 g/mol. The minimum Gasteiger partial charge on any atom is -0.459 e. The molecule has 0 spiro atoms. The molecule has 0 amide bonds. The maximum atomic E-state index is 11.5. The van der Waals surface area contributed by atoms with Crippen molar-refractivity contribution in [3.05, 3.63) is 48.6 Å². The predicted octanol–water partition coefficient (Wildman–Crippen LogP) is 8.18. The smallest absolute Gasteiger partial charge is 0.309 e. The van der Waals surface area contributed by atoms with Crippen LogP contribution in [0, 0.1) is 17.8 Å². The van der Waals surface area contributed by atoms with Crippen molar-refractivity contribution in [2.75, 3.05) is 0 Å². The fourth-order valence-corrected chi connectivity index (χ4v) is 3.45. The van der Waals surface area contributed by atoms with Crippen LogP contribution in [0.1, 0.15) is 114 Å². The molecule has 0 aliphatic heterocycles. The van der Waals surface area contributed by atoms with Crippen LogP contribution < -0.4 is 0 Å². The number of esters is 3. The molecule has 6 nitrogen and oxygen atoms in total. The molecule has 0 heterocycles. The zero-order chi connectivity index (χ0) is 30.4. The highest BCUT2D eigenvalue weighted by Crippen LogP contribution is 2.31. The molecule has 1 aromatic rings. The van der Waals surface area contributed by atoms with Gasteiger partial charge in [0.2, 0.25) is 0 Å². The number of hydrogen-bond acceptors (Lipinski definition) is 6. The van der Waals surface area contributed by atoms with Crippen LogP contribution in [0.3, 0.4) is 0 Å². The van der Waals surface area contributed by atoms with Gasteiger partial charge in [0.05, 0.1) is 17.8 Å². The zero-order valence-electron chi connectivity index (χ0n) is 26.4. The van der Waals surface area contributed by atoms with Crippen LogP contribution >= 0.6 is 0 Å². The Morgan fingerprint density at radius 2 is 1.21 bits per heavy atom. The van der Waals surface area contributed by atoms with E-state index in [1.165, 1.54) is 19.3 Å². The molecule has 0 bridgehead atoms. The van der Waals surface area contributed by atoms with Crippen LogP contribution in [0.4, 0.5) is 0 Å². The van der Waals surface area contributed by atoms with E-state index in [1.807, 2.05) is 85.7 Å². The van der Waals surface area contributed by atoms with Crippen LogP contribution in [0.2, 0.25) is 0 Å². The summed E-state index contributed by atoms with van der Waals surface area (Å²) in [4.78, 5) is 34.0. The number of benzene rings is 1. The Labute approximate surface area is 237 Å². The van der Waals surface area contributed by atoms with Crippen molar-refractivity contribution in [1.82, 2.24) is 0 Å². The molecular formula is C33H54O6. The lowest BCUT2D eigenvalue weighted by molar-refractivity contribution is -0.165. The Bertz CT molecular complexity index is 890. The molecule has 222 valence electrons. The van der Waals surface area contributed by atoms with Crippen LogP contribution in [-0.4, -0.2) is 29.1 Å². The van der Waals surface area contributed by atoms with E-state index in [2.05, 4.69) is 13.5 Å². The number of ether oxygens (including phenoxy) is 3. The normalized spacial score (nSPS) is 14.8. The van der Waals surface area contributed by atoms with Gasteiger partial charge in [-0.05, 0) is 71.9 Å². The third kappa shape index (κ3) is 14.9. The standard InChI is InChI=1S/C13H18O2.C11H20O2.C9H16O2/c1-10(2)12(14)15-13(3,4)11-8-6-5-7-9-11;1-9(2)10(12)13-11(3)7-5-4-6-8-11;1-6-9(4,5)11-8(10)7(2)3/h5-10H,1-4H3;9H,4-8H2,1-3H3;6-7H,1H2,2-5H3. The number of rotatable bonds is 8. The topological polar surface area (TPSA) is 78.9 Å². The minimum atomic E-state index is -0.553. The Balaban J connectivity index is 0.000000563. The highest BCUT2D eigenvalue weighted by Gasteiger charge is 2.31. The van der Waals surface area contributed by atoms with Crippen molar-refractivity contribution in [2.24, 2.45) is 17.8 Å². The van der Waals surface area contributed by atoms with E-state index in [0.29, 0.717) is 0 Å². The Kier molecular flexibility index (Phi) is 15.4.